The lowest BCUT2D eigenvalue weighted by molar-refractivity contribution is -0.123. The Kier molecular flexibility index (Phi) is 7.53. The average molecular weight is 397 g/mol. The normalized spacial score (nSPS) is 14.0. The van der Waals surface area contributed by atoms with Gasteiger partial charge in [0.25, 0.3) is 5.91 Å². The van der Waals surface area contributed by atoms with E-state index in [9.17, 15) is 4.79 Å². The van der Waals surface area contributed by atoms with E-state index in [-0.39, 0.29) is 18.6 Å². The van der Waals surface area contributed by atoms with E-state index in [1.165, 1.54) is 42.4 Å². The van der Waals surface area contributed by atoms with Gasteiger partial charge >= 0.3 is 0 Å². The number of methoxy groups -OCH3 is 1. The highest BCUT2D eigenvalue weighted by Crippen LogP contribution is 2.29. The molecular formula is C24H32N2O3. The van der Waals surface area contributed by atoms with E-state index in [0.717, 1.165) is 12.1 Å². The van der Waals surface area contributed by atoms with Gasteiger partial charge in [0, 0.05) is 19.1 Å². The van der Waals surface area contributed by atoms with Crippen LogP contribution in [0.4, 0.5) is 0 Å². The summed E-state index contributed by atoms with van der Waals surface area (Å²) < 4.78 is 11.0. The van der Waals surface area contributed by atoms with Gasteiger partial charge in [0.15, 0.2) is 18.1 Å². The number of carbonyl (C=O) groups is 1. The Balaban J connectivity index is 1.59. The van der Waals surface area contributed by atoms with Crippen molar-refractivity contribution in [1.29, 1.82) is 0 Å². The van der Waals surface area contributed by atoms with Gasteiger partial charge in [0.05, 0.1) is 7.11 Å². The Morgan fingerprint density at radius 1 is 1.07 bits per heavy atom. The van der Waals surface area contributed by atoms with E-state index in [1.54, 1.807) is 7.11 Å². The van der Waals surface area contributed by atoms with Crippen LogP contribution < -0.4 is 20.1 Å². The molecule has 3 rings (SSSR count). The summed E-state index contributed by atoms with van der Waals surface area (Å²) in [7, 11) is 1.61. The number of aryl methyl sites for hydroxylation is 2. The number of amides is 1. The molecule has 2 N–H and O–H groups in total. The second-order valence-corrected chi connectivity index (χ2v) is 7.57. The predicted molar refractivity (Wildman–Crippen MR) is 116 cm³/mol. The van der Waals surface area contributed by atoms with Crippen LogP contribution in [0.3, 0.4) is 0 Å². The molecule has 0 aliphatic heterocycles. The minimum Gasteiger partial charge on any atom is -0.493 e. The summed E-state index contributed by atoms with van der Waals surface area (Å²) in [5.41, 5.74) is 5.47. The van der Waals surface area contributed by atoms with E-state index >= 15 is 0 Å². The Bertz CT molecular complexity index is 835. The molecule has 156 valence electrons. The molecule has 2 aromatic rings. The summed E-state index contributed by atoms with van der Waals surface area (Å²) in [5.74, 6) is 1.07. The second-order valence-electron chi connectivity index (χ2n) is 7.57. The third-order valence-corrected chi connectivity index (χ3v) is 5.45. The van der Waals surface area contributed by atoms with E-state index in [2.05, 4.69) is 35.8 Å². The molecule has 29 heavy (non-hydrogen) atoms. The zero-order valence-electron chi connectivity index (χ0n) is 17.7. The Morgan fingerprint density at radius 3 is 2.62 bits per heavy atom. The molecule has 1 unspecified atom stereocenters. The van der Waals surface area contributed by atoms with Crippen molar-refractivity contribution in [2.24, 2.45) is 0 Å². The lowest BCUT2D eigenvalue weighted by Gasteiger charge is -2.20. The van der Waals surface area contributed by atoms with Crippen LogP contribution in [0.15, 0.2) is 36.4 Å². The fraction of sp³-hybridized carbons (Fsp3) is 0.458. The number of likely N-dealkylation sites (N-methyl/N-ethyl adjacent to an activating group) is 1. The minimum atomic E-state index is -0.140. The second kappa shape index (κ2) is 10.3. The SMILES string of the molecule is CCNC(=O)COc1ccc(CNC(C)c2ccc3c(c2)CCCC3)cc1OC. The number of benzene rings is 2. The smallest absolute Gasteiger partial charge is 0.257 e. The molecule has 0 aromatic heterocycles. The number of ether oxygens (including phenoxy) is 2. The van der Waals surface area contributed by atoms with Crippen molar-refractivity contribution in [3.63, 3.8) is 0 Å². The molecule has 1 amide bonds. The van der Waals surface area contributed by atoms with Crippen LogP contribution in [-0.2, 0) is 24.2 Å². The molecule has 2 aromatic carbocycles. The number of fused-ring (bicyclic) bond motifs is 1. The topological polar surface area (TPSA) is 59.6 Å². The summed E-state index contributed by atoms with van der Waals surface area (Å²) in [6.45, 7) is 5.38. The molecule has 0 saturated heterocycles. The lowest BCUT2D eigenvalue weighted by atomic mass is 9.89. The summed E-state index contributed by atoms with van der Waals surface area (Å²) in [5, 5.41) is 6.32. The first-order valence-electron chi connectivity index (χ1n) is 10.5. The average Bonchev–Trinajstić information content (AvgIpc) is 2.76. The van der Waals surface area contributed by atoms with Crippen molar-refractivity contribution in [1.82, 2.24) is 10.6 Å². The highest BCUT2D eigenvalue weighted by Gasteiger charge is 2.13. The van der Waals surface area contributed by atoms with Crippen LogP contribution in [0, 0.1) is 0 Å². The Hall–Kier alpha value is -2.53. The van der Waals surface area contributed by atoms with Gasteiger partial charge in [-0.15, -0.1) is 0 Å². The first-order chi connectivity index (χ1) is 14.1. The molecule has 0 saturated carbocycles. The third-order valence-electron chi connectivity index (χ3n) is 5.45. The molecule has 5 nitrogen and oxygen atoms in total. The number of carbonyl (C=O) groups excluding carboxylic acids is 1. The van der Waals surface area contributed by atoms with Gasteiger partial charge < -0.3 is 20.1 Å². The van der Waals surface area contributed by atoms with Crippen molar-refractivity contribution in [3.05, 3.63) is 58.7 Å². The van der Waals surface area contributed by atoms with Crippen LogP contribution >= 0.6 is 0 Å². The summed E-state index contributed by atoms with van der Waals surface area (Å²) in [6.07, 6.45) is 5.02. The molecule has 0 heterocycles. The predicted octanol–water partition coefficient (Wildman–Crippen LogP) is 3.94. The quantitative estimate of drug-likeness (QED) is 0.674. The number of hydrogen-bond acceptors (Lipinski definition) is 4. The van der Waals surface area contributed by atoms with E-state index in [4.69, 9.17) is 9.47 Å². The number of hydrogen-bond donors (Lipinski definition) is 2. The minimum absolute atomic E-state index is 0.0167. The fourth-order valence-electron chi connectivity index (χ4n) is 3.74. The highest BCUT2D eigenvalue weighted by molar-refractivity contribution is 5.77. The van der Waals surface area contributed by atoms with Gasteiger partial charge in [0.2, 0.25) is 0 Å². The van der Waals surface area contributed by atoms with Crippen LogP contribution in [0.2, 0.25) is 0 Å². The molecule has 5 heteroatoms. The van der Waals surface area contributed by atoms with Crippen LogP contribution in [0.5, 0.6) is 11.5 Å². The lowest BCUT2D eigenvalue weighted by Crippen LogP contribution is -2.28. The van der Waals surface area contributed by atoms with Gasteiger partial charge in [-0.05, 0) is 73.9 Å². The molecule has 0 bridgehead atoms. The third kappa shape index (κ3) is 5.73. The zero-order valence-corrected chi connectivity index (χ0v) is 17.7. The first kappa shape index (κ1) is 21.2. The molecule has 1 aliphatic carbocycles. The van der Waals surface area contributed by atoms with Crippen molar-refractivity contribution in [3.8, 4) is 11.5 Å². The van der Waals surface area contributed by atoms with Gasteiger partial charge in [-0.2, -0.15) is 0 Å². The number of nitrogens with one attached hydrogen (secondary N) is 2. The van der Waals surface area contributed by atoms with Crippen LogP contribution in [0.25, 0.3) is 0 Å². The monoisotopic (exact) mass is 396 g/mol. The van der Waals surface area contributed by atoms with Gasteiger partial charge in [-0.1, -0.05) is 24.3 Å². The van der Waals surface area contributed by atoms with Gasteiger partial charge in [-0.3, -0.25) is 4.79 Å². The maximum atomic E-state index is 11.6. The van der Waals surface area contributed by atoms with Gasteiger partial charge in [-0.25, -0.2) is 0 Å². The molecule has 0 fully saturated rings. The maximum Gasteiger partial charge on any atom is 0.257 e. The number of rotatable bonds is 9. The highest BCUT2D eigenvalue weighted by atomic mass is 16.5. The van der Waals surface area contributed by atoms with E-state index in [1.807, 2.05) is 25.1 Å². The largest absolute Gasteiger partial charge is 0.493 e. The van der Waals surface area contributed by atoms with Gasteiger partial charge in [0.1, 0.15) is 0 Å². The molecule has 1 aliphatic rings. The maximum absolute atomic E-state index is 11.6. The van der Waals surface area contributed by atoms with E-state index < -0.39 is 0 Å². The molecular weight excluding hydrogens is 364 g/mol. The Morgan fingerprint density at radius 2 is 1.86 bits per heavy atom. The first-order valence-corrected chi connectivity index (χ1v) is 10.5. The standard InChI is InChI=1S/C24H32N2O3/c1-4-25-24(27)16-29-22-12-9-18(13-23(22)28-3)15-26-17(2)20-11-10-19-7-5-6-8-21(19)14-20/h9-14,17,26H,4-8,15-16H2,1-3H3,(H,25,27). The van der Waals surface area contributed by atoms with Crippen LogP contribution in [0.1, 0.15) is 55.0 Å². The van der Waals surface area contributed by atoms with Crippen molar-refractivity contribution in [2.75, 3.05) is 20.3 Å². The molecule has 0 spiro atoms. The van der Waals surface area contributed by atoms with Crippen LogP contribution in [-0.4, -0.2) is 26.2 Å². The molecule has 0 radical (unpaired) electrons. The van der Waals surface area contributed by atoms with Crippen molar-refractivity contribution < 1.29 is 14.3 Å². The Labute approximate surface area is 173 Å². The zero-order chi connectivity index (χ0) is 20.6. The van der Waals surface area contributed by atoms with Crippen molar-refractivity contribution >= 4 is 5.91 Å². The fourth-order valence-corrected chi connectivity index (χ4v) is 3.74. The van der Waals surface area contributed by atoms with E-state index in [0.29, 0.717) is 18.0 Å². The summed E-state index contributed by atoms with van der Waals surface area (Å²) in [4.78, 5) is 11.6. The summed E-state index contributed by atoms with van der Waals surface area (Å²) >= 11 is 0. The van der Waals surface area contributed by atoms with Crippen molar-refractivity contribution in [2.45, 2.75) is 52.1 Å². The summed E-state index contributed by atoms with van der Waals surface area (Å²) in [6, 6.07) is 13.0. The molecule has 1 atom stereocenters.